The quantitative estimate of drug-likeness (QED) is 0.526. The predicted molar refractivity (Wildman–Crippen MR) is 102 cm³/mol. The first-order valence-corrected chi connectivity index (χ1v) is 9.17. The lowest BCUT2D eigenvalue weighted by atomic mass is 10.1. The Morgan fingerprint density at radius 3 is 2.72 bits per heavy atom. The van der Waals surface area contributed by atoms with Gasteiger partial charge in [0.25, 0.3) is 5.91 Å². The maximum absolute atomic E-state index is 12.9. The minimum Gasteiger partial charge on any atom is -0.319 e. The number of halogens is 3. The summed E-state index contributed by atoms with van der Waals surface area (Å²) < 4.78 is 40.4. The van der Waals surface area contributed by atoms with Gasteiger partial charge in [0.15, 0.2) is 0 Å². The summed E-state index contributed by atoms with van der Waals surface area (Å²) in [6, 6.07) is 8.23. The molecule has 0 aliphatic heterocycles. The summed E-state index contributed by atoms with van der Waals surface area (Å²) in [5, 5.41) is 4.50. The van der Waals surface area contributed by atoms with Crippen molar-refractivity contribution in [3.05, 3.63) is 78.0 Å². The van der Waals surface area contributed by atoms with E-state index in [1.165, 1.54) is 23.7 Å². The number of imidazole rings is 1. The zero-order chi connectivity index (χ0) is 20.4. The number of hydrogen-bond acceptors (Lipinski definition) is 5. The van der Waals surface area contributed by atoms with Crippen molar-refractivity contribution in [1.29, 1.82) is 0 Å². The fourth-order valence-electron chi connectivity index (χ4n) is 2.54. The number of alkyl halides is 3. The van der Waals surface area contributed by atoms with Gasteiger partial charge >= 0.3 is 6.18 Å². The van der Waals surface area contributed by atoms with Crippen molar-refractivity contribution in [2.45, 2.75) is 6.18 Å². The number of hydrogen-bond donors (Lipinski definition) is 1. The first-order chi connectivity index (χ1) is 13.9. The molecule has 29 heavy (non-hydrogen) atoms. The molecule has 0 fully saturated rings. The molecule has 1 aromatic carbocycles. The highest BCUT2D eigenvalue weighted by atomic mass is 32.1. The van der Waals surface area contributed by atoms with Crippen LogP contribution >= 0.6 is 11.3 Å². The van der Waals surface area contributed by atoms with Crippen molar-refractivity contribution >= 4 is 22.9 Å². The molecule has 146 valence electrons. The summed E-state index contributed by atoms with van der Waals surface area (Å²) in [5.74, 6) is 0.164. The Morgan fingerprint density at radius 1 is 1.17 bits per heavy atom. The van der Waals surface area contributed by atoms with Crippen molar-refractivity contribution in [2.24, 2.45) is 0 Å². The van der Waals surface area contributed by atoms with Crippen LogP contribution < -0.4 is 5.32 Å². The fraction of sp³-hybridized carbons (Fsp3) is 0.0526. The molecule has 1 N–H and O–H groups in total. The summed E-state index contributed by atoms with van der Waals surface area (Å²) in [7, 11) is 0. The van der Waals surface area contributed by atoms with E-state index in [1.807, 2.05) is 0 Å². The normalized spacial score (nSPS) is 11.4. The third-order valence-electron chi connectivity index (χ3n) is 3.95. The second-order valence-electron chi connectivity index (χ2n) is 5.95. The number of amides is 1. The molecule has 6 nitrogen and oxygen atoms in total. The van der Waals surface area contributed by atoms with Gasteiger partial charge in [-0.25, -0.2) is 15.0 Å². The lowest BCUT2D eigenvalue weighted by molar-refractivity contribution is -0.137. The number of carbonyl (C=O) groups is 1. The minimum atomic E-state index is -4.44. The molecule has 0 atom stereocenters. The van der Waals surface area contributed by atoms with Crippen LogP contribution in [0.4, 0.5) is 18.9 Å². The number of rotatable bonds is 4. The molecule has 3 heterocycles. The number of aromatic nitrogens is 4. The average Bonchev–Trinajstić information content (AvgIpc) is 3.40. The first-order valence-electron chi connectivity index (χ1n) is 8.29. The first kappa shape index (κ1) is 18.8. The van der Waals surface area contributed by atoms with Gasteiger partial charge in [0.05, 0.1) is 17.4 Å². The molecule has 4 aromatic rings. The Hall–Kier alpha value is -3.53. The minimum absolute atomic E-state index is 0.112. The van der Waals surface area contributed by atoms with Crippen LogP contribution in [0, 0.1) is 0 Å². The van der Waals surface area contributed by atoms with Crippen molar-refractivity contribution < 1.29 is 18.0 Å². The highest BCUT2D eigenvalue weighted by molar-refractivity contribution is 7.13. The molecule has 0 saturated carbocycles. The molecular weight excluding hydrogens is 403 g/mol. The van der Waals surface area contributed by atoms with Crippen LogP contribution in [-0.4, -0.2) is 25.4 Å². The zero-order valence-electron chi connectivity index (χ0n) is 14.6. The molecule has 0 bridgehead atoms. The van der Waals surface area contributed by atoms with Crippen molar-refractivity contribution in [3.8, 4) is 16.4 Å². The SMILES string of the molecule is O=C(Nc1ccc(-n2ccnc2)nc1)c1csc(-c2cccc(C(F)(F)F)c2)n1. The molecule has 0 spiro atoms. The Kier molecular flexibility index (Phi) is 4.85. The lowest BCUT2D eigenvalue weighted by Gasteiger charge is -2.07. The van der Waals surface area contributed by atoms with Crippen LogP contribution in [0.3, 0.4) is 0 Å². The number of pyridine rings is 1. The highest BCUT2D eigenvalue weighted by Gasteiger charge is 2.30. The van der Waals surface area contributed by atoms with Gasteiger partial charge in [-0.15, -0.1) is 11.3 Å². The van der Waals surface area contributed by atoms with E-state index in [1.54, 1.807) is 35.4 Å². The summed E-state index contributed by atoms with van der Waals surface area (Å²) >= 11 is 1.10. The topological polar surface area (TPSA) is 72.7 Å². The second kappa shape index (κ2) is 7.47. The van der Waals surface area contributed by atoms with Gasteiger partial charge in [0.2, 0.25) is 0 Å². The average molecular weight is 415 g/mol. The third-order valence-corrected chi connectivity index (χ3v) is 4.84. The van der Waals surface area contributed by atoms with E-state index in [0.717, 1.165) is 23.5 Å². The molecule has 0 radical (unpaired) electrons. The number of thiazole rings is 1. The number of benzene rings is 1. The van der Waals surface area contributed by atoms with Crippen molar-refractivity contribution in [2.75, 3.05) is 5.32 Å². The van der Waals surface area contributed by atoms with Gasteiger partial charge in [-0.05, 0) is 24.3 Å². The highest BCUT2D eigenvalue weighted by Crippen LogP contribution is 2.33. The molecule has 0 aliphatic rings. The molecule has 1 amide bonds. The number of carbonyl (C=O) groups excluding carboxylic acids is 1. The monoisotopic (exact) mass is 415 g/mol. The van der Waals surface area contributed by atoms with Gasteiger partial charge in [0.1, 0.15) is 22.8 Å². The van der Waals surface area contributed by atoms with E-state index in [2.05, 4.69) is 20.3 Å². The predicted octanol–water partition coefficient (Wildman–Crippen LogP) is 4.66. The van der Waals surface area contributed by atoms with Crippen molar-refractivity contribution in [3.63, 3.8) is 0 Å². The smallest absolute Gasteiger partial charge is 0.319 e. The molecule has 4 rings (SSSR count). The van der Waals surface area contributed by atoms with Crippen LogP contribution in [0.1, 0.15) is 16.1 Å². The van der Waals surface area contributed by atoms with E-state index in [-0.39, 0.29) is 5.69 Å². The van der Waals surface area contributed by atoms with Crippen LogP contribution in [-0.2, 0) is 6.18 Å². The Bertz CT molecular complexity index is 1140. The van der Waals surface area contributed by atoms with Gasteiger partial charge in [-0.3, -0.25) is 9.36 Å². The maximum Gasteiger partial charge on any atom is 0.416 e. The third kappa shape index (κ3) is 4.16. The number of nitrogens with one attached hydrogen (secondary N) is 1. The summed E-state index contributed by atoms with van der Waals surface area (Å²) in [5.41, 5.74) is 0.115. The number of anilines is 1. The Labute approximate surface area is 166 Å². The Morgan fingerprint density at radius 2 is 2.03 bits per heavy atom. The number of nitrogens with zero attached hydrogens (tertiary/aromatic N) is 4. The molecule has 3 aromatic heterocycles. The van der Waals surface area contributed by atoms with Gasteiger partial charge in [-0.2, -0.15) is 13.2 Å². The molecule has 10 heteroatoms. The molecule has 0 unspecified atom stereocenters. The van der Waals surface area contributed by atoms with Crippen molar-refractivity contribution in [1.82, 2.24) is 19.5 Å². The van der Waals surface area contributed by atoms with Gasteiger partial charge in [0, 0.05) is 23.3 Å². The van der Waals surface area contributed by atoms with E-state index < -0.39 is 17.6 Å². The summed E-state index contributed by atoms with van der Waals surface area (Å²) in [4.78, 5) is 24.7. The zero-order valence-corrected chi connectivity index (χ0v) is 15.4. The fourth-order valence-corrected chi connectivity index (χ4v) is 3.34. The standard InChI is InChI=1S/C19H12F3N5OS/c20-19(21,22)13-3-1-2-12(8-13)18-26-15(10-29-18)17(28)25-14-4-5-16(24-9-14)27-7-6-23-11-27/h1-11H,(H,25,28). The summed E-state index contributed by atoms with van der Waals surface area (Å²) in [6.45, 7) is 0. The van der Waals surface area contributed by atoms with E-state index in [0.29, 0.717) is 22.1 Å². The van der Waals surface area contributed by atoms with Crippen LogP contribution in [0.5, 0.6) is 0 Å². The van der Waals surface area contributed by atoms with E-state index in [9.17, 15) is 18.0 Å². The van der Waals surface area contributed by atoms with Crippen LogP contribution in [0.15, 0.2) is 66.7 Å². The van der Waals surface area contributed by atoms with Gasteiger partial charge in [-0.1, -0.05) is 12.1 Å². The lowest BCUT2D eigenvalue weighted by Crippen LogP contribution is -2.12. The Balaban J connectivity index is 1.49. The maximum atomic E-state index is 12.9. The van der Waals surface area contributed by atoms with Crippen LogP contribution in [0.25, 0.3) is 16.4 Å². The van der Waals surface area contributed by atoms with Gasteiger partial charge < -0.3 is 5.32 Å². The molecule has 0 aliphatic carbocycles. The van der Waals surface area contributed by atoms with E-state index in [4.69, 9.17) is 0 Å². The van der Waals surface area contributed by atoms with E-state index >= 15 is 0 Å². The largest absolute Gasteiger partial charge is 0.416 e. The summed E-state index contributed by atoms with van der Waals surface area (Å²) in [6.07, 6.45) is 2.02. The molecule has 0 saturated heterocycles. The second-order valence-corrected chi connectivity index (χ2v) is 6.80. The molecular formula is C19H12F3N5OS. The van der Waals surface area contributed by atoms with Crippen LogP contribution in [0.2, 0.25) is 0 Å².